The van der Waals surface area contributed by atoms with Gasteiger partial charge in [-0.3, -0.25) is 4.79 Å². The molecule has 0 aliphatic carbocycles. The fourth-order valence-corrected chi connectivity index (χ4v) is 4.58. The normalized spacial score (nSPS) is 20.0. The number of amides is 2. The summed E-state index contributed by atoms with van der Waals surface area (Å²) in [5.74, 6) is -1.34. The summed E-state index contributed by atoms with van der Waals surface area (Å²) in [5, 5.41) is 6.08. The van der Waals surface area contributed by atoms with Crippen LogP contribution in [-0.2, 0) is 19.4 Å². The van der Waals surface area contributed by atoms with Crippen LogP contribution in [0.1, 0.15) is 24.1 Å². The van der Waals surface area contributed by atoms with Crippen LogP contribution in [0.3, 0.4) is 0 Å². The molecule has 0 saturated carbocycles. The molecule has 2 atom stereocenters. The molecular weight excluding hydrogens is 420 g/mol. The molecule has 1 fully saturated rings. The number of ether oxygens (including phenoxy) is 2. The largest absolute Gasteiger partial charge is 0.496 e. The van der Waals surface area contributed by atoms with Crippen LogP contribution in [0, 0.1) is 12.8 Å². The number of sulfone groups is 1. The van der Waals surface area contributed by atoms with E-state index in [1.54, 1.807) is 43.3 Å². The van der Waals surface area contributed by atoms with E-state index >= 15 is 0 Å². The summed E-state index contributed by atoms with van der Waals surface area (Å²) in [6, 6.07) is 11.7. The average Bonchev–Trinajstić information content (AvgIpc) is 2.73. The second kappa shape index (κ2) is 9.22. The third-order valence-corrected chi connectivity index (χ3v) is 6.35. The molecule has 31 heavy (non-hydrogen) atoms. The number of aryl methyl sites for hydroxylation is 1. The number of hydrogen-bond donors (Lipinski definition) is 2. The minimum atomic E-state index is -3.95. The van der Waals surface area contributed by atoms with Crippen LogP contribution < -0.4 is 15.4 Å². The van der Waals surface area contributed by atoms with Crippen molar-refractivity contribution >= 4 is 21.8 Å². The van der Waals surface area contributed by atoms with Crippen molar-refractivity contribution in [2.45, 2.75) is 24.8 Å². The molecule has 2 aromatic rings. The molecular formula is C22H24N2O6S. The molecule has 2 aromatic carbocycles. The van der Waals surface area contributed by atoms with E-state index < -0.39 is 33.8 Å². The molecule has 1 aliphatic rings. The predicted molar refractivity (Wildman–Crippen MR) is 114 cm³/mol. The number of nitrogens with one attached hydrogen (secondary N) is 2. The van der Waals surface area contributed by atoms with Gasteiger partial charge in [0, 0.05) is 11.3 Å². The summed E-state index contributed by atoms with van der Waals surface area (Å²) in [6.07, 6.45) is 0. The Bertz CT molecular complexity index is 1110. The quantitative estimate of drug-likeness (QED) is 0.663. The molecule has 0 spiro atoms. The Balaban J connectivity index is 2.12. The van der Waals surface area contributed by atoms with E-state index in [4.69, 9.17) is 9.47 Å². The zero-order chi connectivity index (χ0) is 22.6. The average molecular weight is 445 g/mol. The number of carbonyl (C=O) groups is 2. The van der Waals surface area contributed by atoms with Crippen LogP contribution >= 0.6 is 0 Å². The minimum absolute atomic E-state index is 0.0508. The highest BCUT2D eigenvalue weighted by molar-refractivity contribution is 7.94. The molecule has 1 saturated heterocycles. The van der Waals surface area contributed by atoms with Crippen molar-refractivity contribution < 1.29 is 27.5 Å². The van der Waals surface area contributed by atoms with Gasteiger partial charge in [0.25, 0.3) is 0 Å². The van der Waals surface area contributed by atoms with Gasteiger partial charge in [0.05, 0.1) is 30.1 Å². The first kappa shape index (κ1) is 22.4. The maximum absolute atomic E-state index is 13.0. The van der Waals surface area contributed by atoms with Gasteiger partial charge in [-0.25, -0.2) is 13.2 Å². The van der Waals surface area contributed by atoms with Crippen molar-refractivity contribution in [2.75, 3.05) is 13.7 Å². The Labute approximate surface area is 181 Å². The van der Waals surface area contributed by atoms with Gasteiger partial charge < -0.3 is 20.1 Å². The third-order valence-electron chi connectivity index (χ3n) is 4.86. The van der Waals surface area contributed by atoms with E-state index in [0.29, 0.717) is 11.3 Å². The SMILES string of the molecule is CCOC(=O)[C@H]1/C(=C\S(=O)(=O)c2ccc(C)cc2)NC(=O)N[C@H]1c1ccccc1OC. The van der Waals surface area contributed by atoms with Gasteiger partial charge in [-0.2, -0.15) is 0 Å². The van der Waals surface area contributed by atoms with E-state index in [0.717, 1.165) is 11.0 Å². The Morgan fingerprint density at radius 2 is 1.81 bits per heavy atom. The maximum Gasteiger partial charge on any atom is 0.319 e. The Morgan fingerprint density at radius 1 is 1.13 bits per heavy atom. The lowest BCUT2D eigenvalue weighted by Crippen LogP contribution is -2.51. The van der Waals surface area contributed by atoms with Gasteiger partial charge in [-0.1, -0.05) is 35.9 Å². The second-order valence-corrected chi connectivity index (χ2v) is 8.78. The molecule has 0 bridgehead atoms. The summed E-state index contributed by atoms with van der Waals surface area (Å²) in [5.41, 5.74) is 1.36. The fourth-order valence-electron chi connectivity index (χ4n) is 3.39. The van der Waals surface area contributed by atoms with Crippen molar-refractivity contribution in [2.24, 2.45) is 5.92 Å². The van der Waals surface area contributed by atoms with E-state index in [-0.39, 0.29) is 17.2 Å². The second-order valence-electron chi connectivity index (χ2n) is 6.98. The van der Waals surface area contributed by atoms with E-state index in [1.165, 1.54) is 19.2 Å². The lowest BCUT2D eigenvalue weighted by molar-refractivity contribution is -0.147. The van der Waals surface area contributed by atoms with Crippen molar-refractivity contribution in [1.29, 1.82) is 0 Å². The van der Waals surface area contributed by atoms with Crippen molar-refractivity contribution in [1.82, 2.24) is 10.6 Å². The topological polar surface area (TPSA) is 111 Å². The summed E-state index contributed by atoms with van der Waals surface area (Å²) in [4.78, 5) is 25.3. The Hall–Kier alpha value is -3.33. The molecule has 9 heteroatoms. The van der Waals surface area contributed by atoms with Crippen molar-refractivity contribution in [3.8, 4) is 5.75 Å². The van der Waals surface area contributed by atoms with Gasteiger partial charge >= 0.3 is 12.0 Å². The number of methoxy groups -OCH3 is 1. The lowest BCUT2D eigenvalue weighted by atomic mass is 9.88. The number of benzene rings is 2. The van der Waals surface area contributed by atoms with Crippen LogP contribution in [0.25, 0.3) is 0 Å². The standard InChI is InChI=1S/C22H24N2O6S/c1-4-30-21(25)19-17(13-31(27,28)15-11-9-14(2)10-12-15)23-22(26)24-20(19)16-7-5-6-8-18(16)29-3/h5-13,19-20H,4H2,1-3H3,(H2,23,24,26)/b17-13+/t19-,20-/m0/s1. The molecule has 2 N–H and O–H groups in total. The van der Waals surface area contributed by atoms with Crippen molar-refractivity contribution in [3.05, 3.63) is 70.8 Å². The number of urea groups is 1. The highest BCUT2D eigenvalue weighted by Gasteiger charge is 2.41. The molecule has 3 rings (SSSR count). The summed E-state index contributed by atoms with van der Waals surface area (Å²) < 4.78 is 36.5. The van der Waals surface area contributed by atoms with Gasteiger partial charge in [-0.15, -0.1) is 0 Å². The number of carbonyl (C=O) groups excluding carboxylic acids is 2. The fraction of sp³-hybridized carbons (Fsp3) is 0.273. The van der Waals surface area contributed by atoms with E-state index in [9.17, 15) is 18.0 Å². The van der Waals surface area contributed by atoms with E-state index in [1.807, 2.05) is 6.92 Å². The molecule has 2 amide bonds. The van der Waals surface area contributed by atoms with Crippen LogP contribution in [0.2, 0.25) is 0 Å². The highest BCUT2D eigenvalue weighted by Crippen LogP contribution is 2.36. The third kappa shape index (κ3) is 4.88. The summed E-state index contributed by atoms with van der Waals surface area (Å²) in [7, 11) is -2.47. The number of para-hydroxylation sites is 1. The Morgan fingerprint density at radius 3 is 2.45 bits per heavy atom. The van der Waals surface area contributed by atoms with Crippen LogP contribution in [-0.4, -0.2) is 34.1 Å². The number of esters is 1. The van der Waals surface area contributed by atoms with Gasteiger partial charge in [0.1, 0.15) is 11.7 Å². The summed E-state index contributed by atoms with van der Waals surface area (Å²) in [6.45, 7) is 3.59. The molecule has 0 aromatic heterocycles. The van der Waals surface area contributed by atoms with Crippen LogP contribution in [0.15, 0.2) is 64.5 Å². The molecule has 164 valence electrons. The molecule has 0 radical (unpaired) electrons. The van der Waals surface area contributed by atoms with Gasteiger partial charge in [0.2, 0.25) is 9.84 Å². The lowest BCUT2D eigenvalue weighted by Gasteiger charge is -2.34. The first-order valence-corrected chi connectivity index (χ1v) is 11.2. The summed E-state index contributed by atoms with van der Waals surface area (Å²) >= 11 is 0. The highest BCUT2D eigenvalue weighted by atomic mass is 32.2. The van der Waals surface area contributed by atoms with Gasteiger partial charge in [-0.05, 0) is 32.0 Å². The van der Waals surface area contributed by atoms with Crippen LogP contribution in [0.5, 0.6) is 5.75 Å². The zero-order valence-electron chi connectivity index (χ0n) is 17.4. The molecule has 1 aliphatic heterocycles. The Kier molecular flexibility index (Phi) is 6.65. The molecule has 8 nitrogen and oxygen atoms in total. The maximum atomic E-state index is 13.0. The minimum Gasteiger partial charge on any atom is -0.496 e. The van der Waals surface area contributed by atoms with Gasteiger partial charge in [0.15, 0.2) is 0 Å². The smallest absolute Gasteiger partial charge is 0.319 e. The first-order valence-electron chi connectivity index (χ1n) is 9.67. The first-order chi connectivity index (χ1) is 14.8. The number of rotatable bonds is 6. The van der Waals surface area contributed by atoms with E-state index in [2.05, 4.69) is 10.6 Å². The van der Waals surface area contributed by atoms with Crippen molar-refractivity contribution in [3.63, 3.8) is 0 Å². The monoisotopic (exact) mass is 444 g/mol. The zero-order valence-corrected chi connectivity index (χ0v) is 18.2. The number of hydrogen-bond acceptors (Lipinski definition) is 6. The molecule has 1 heterocycles. The van der Waals surface area contributed by atoms with Crippen LogP contribution in [0.4, 0.5) is 4.79 Å². The predicted octanol–water partition coefficient (Wildman–Crippen LogP) is 2.85. The molecule has 0 unspecified atom stereocenters.